The van der Waals surface area contributed by atoms with Gasteiger partial charge in [0.05, 0.1) is 12.9 Å². The molecule has 1 amide bonds. The number of hydrogen-bond acceptors (Lipinski definition) is 6. The quantitative estimate of drug-likeness (QED) is 0.597. The Labute approximate surface area is 161 Å². The van der Waals surface area contributed by atoms with Gasteiger partial charge in [-0.05, 0) is 12.5 Å². The van der Waals surface area contributed by atoms with Gasteiger partial charge in [-0.3, -0.25) is 9.48 Å². The Balaban J connectivity index is 1.65. The molecule has 3 aromatic rings. The van der Waals surface area contributed by atoms with E-state index in [1.165, 1.54) is 11.8 Å². The Morgan fingerprint density at radius 2 is 2.04 bits per heavy atom. The molecule has 1 N–H and O–H groups in total. The third-order valence-electron chi connectivity index (χ3n) is 3.93. The number of aryl methyl sites for hydroxylation is 1. The van der Waals surface area contributed by atoms with Crippen molar-refractivity contribution in [2.24, 2.45) is 7.05 Å². The van der Waals surface area contributed by atoms with Gasteiger partial charge in [-0.25, -0.2) is 0 Å². The van der Waals surface area contributed by atoms with Gasteiger partial charge in [-0.15, -0.1) is 15.3 Å². The molecule has 0 unspecified atom stereocenters. The summed E-state index contributed by atoms with van der Waals surface area (Å²) >= 11 is 1.36. The minimum absolute atomic E-state index is 0.0463. The summed E-state index contributed by atoms with van der Waals surface area (Å²) < 4.78 is 8.94. The van der Waals surface area contributed by atoms with Gasteiger partial charge in [0.25, 0.3) is 0 Å². The smallest absolute Gasteiger partial charge is 0.243 e. The number of hydrogen-bond donors (Lipinski definition) is 1. The van der Waals surface area contributed by atoms with Crippen molar-refractivity contribution in [3.05, 3.63) is 42.1 Å². The Bertz CT molecular complexity index is 906. The lowest BCUT2D eigenvalue weighted by Gasteiger charge is -2.07. The summed E-state index contributed by atoms with van der Waals surface area (Å²) in [5.74, 6) is 1.40. The summed E-state index contributed by atoms with van der Waals surface area (Å²) in [5.41, 5.74) is 1.84. The van der Waals surface area contributed by atoms with E-state index in [9.17, 15) is 4.79 Å². The zero-order valence-corrected chi connectivity index (χ0v) is 16.4. The Morgan fingerprint density at radius 1 is 1.26 bits per heavy atom. The van der Waals surface area contributed by atoms with Crippen molar-refractivity contribution in [2.45, 2.75) is 25.2 Å². The third-order valence-corrected chi connectivity index (χ3v) is 4.89. The summed E-state index contributed by atoms with van der Waals surface area (Å²) in [6.07, 6.45) is 1.84. The van der Waals surface area contributed by atoms with Crippen molar-refractivity contribution in [1.82, 2.24) is 29.9 Å². The van der Waals surface area contributed by atoms with Crippen LogP contribution in [-0.2, 0) is 24.9 Å². The lowest BCUT2D eigenvalue weighted by atomic mass is 10.2. The van der Waals surface area contributed by atoms with E-state index in [2.05, 4.69) is 20.6 Å². The molecule has 27 heavy (non-hydrogen) atoms. The van der Waals surface area contributed by atoms with Gasteiger partial charge in [0.2, 0.25) is 11.8 Å². The Hall–Kier alpha value is -2.81. The molecular weight excluding hydrogens is 364 g/mol. The summed E-state index contributed by atoms with van der Waals surface area (Å²) in [6, 6.07) is 9.82. The van der Waals surface area contributed by atoms with Crippen LogP contribution in [-0.4, -0.2) is 43.3 Å². The predicted molar refractivity (Wildman–Crippen MR) is 103 cm³/mol. The van der Waals surface area contributed by atoms with E-state index in [1.807, 2.05) is 55.1 Å². The minimum atomic E-state index is -0.0463. The van der Waals surface area contributed by atoms with Gasteiger partial charge in [-0.1, -0.05) is 42.1 Å². The molecule has 1 aromatic carbocycles. The van der Waals surface area contributed by atoms with Crippen molar-refractivity contribution >= 4 is 17.7 Å². The molecule has 142 valence electrons. The van der Waals surface area contributed by atoms with Crippen LogP contribution in [0.15, 0.2) is 41.7 Å². The highest BCUT2D eigenvalue weighted by Gasteiger charge is 2.20. The number of thioether (sulfide) groups is 1. The molecule has 0 atom stereocenters. The van der Waals surface area contributed by atoms with Crippen LogP contribution in [0.1, 0.15) is 12.5 Å². The standard InChI is InChI=1S/C18H22N6O2S/c1-4-24-16(14-11-23(2)22-17(14)26-3)20-21-18(24)27-12-15(25)19-10-13-8-6-5-7-9-13/h5-9,11H,4,10,12H2,1-3H3,(H,19,25). The first kappa shape index (κ1) is 19.0. The lowest BCUT2D eigenvalue weighted by Crippen LogP contribution is -2.24. The molecular formula is C18H22N6O2S. The largest absolute Gasteiger partial charge is 0.479 e. The van der Waals surface area contributed by atoms with Gasteiger partial charge in [0.15, 0.2) is 11.0 Å². The van der Waals surface area contributed by atoms with Gasteiger partial charge < -0.3 is 14.6 Å². The summed E-state index contributed by atoms with van der Waals surface area (Å²) in [4.78, 5) is 12.1. The highest BCUT2D eigenvalue weighted by atomic mass is 32.2. The normalized spacial score (nSPS) is 10.8. The first-order valence-corrected chi connectivity index (χ1v) is 9.55. The van der Waals surface area contributed by atoms with Crippen molar-refractivity contribution in [1.29, 1.82) is 0 Å². The Morgan fingerprint density at radius 3 is 2.74 bits per heavy atom. The van der Waals surface area contributed by atoms with Gasteiger partial charge in [0.1, 0.15) is 5.56 Å². The van der Waals surface area contributed by atoms with Crippen LogP contribution in [0.25, 0.3) is 11.4 Å². The van der Waals surface area contributed by atoms with E-state index in [0.717, 1.165) is 11.1 Å². The SMILES string of the molecule is CCn1c(SCC(=O)NCc2ccccc2)nnc1-c1cn(C)nc1OC. The first-order valence-electron chi connectivity index (χ1n) is 8.57. The molecule has 0 spiro atoms. The lowest BCUT2D eigenvalue weighted by molar-refractivity contribution is -0.118. The second-order valence-corrected chi connectivity index (χ2v) is 6.77. The molecule has 0 saturated carbocycles. The molecule has 2 heterocycles. The number of rotatable bonds is 8. The topological polar surface area (TPSA) is 86.9 Å². The maximum absolute atomic E-state index is 12.1. The van der Waals surface area contributed by atoms with Crippen LogP contribution in [0, 0.1) is 0 Å². The first-order chi connectivity index (χ1) is 13.1. The second-order valence-electron chi connectivity index (χ2n) is 5.83. The predicted octanol–water partition coefficient (Wildman–Crippen LogP) is 2.12. The molecule has 0 fully saturated rings. The average molecular weight is 386 g/mol. The third kappa shape index (κ3) is 4.48. The van der Waals surface area contributed by atoms with Crippen LogP contribution in [0.2, 0.25) is 0 Å². The van der Waals surface area contributed by atoms with Crippen LogP contribution in [0.5, 0.6) is 5.88 Å². The van der Waals surface area contributed by atoms with Crippen LogP contribution in [0.4, 0.5) is 0 Å². The van der Waals surface area contributed by atoms with E-state index in [4.69, 9.17) is 4.74 Å². The fraction of sp³-hybridized carbons (Fsp3) is 0.333. The molecule has 3 rings (SSSR count). The maximum Gasteiger partial charge on any atom is 0.243 e. The monoisotopic (exact) mass is 386 g/mol. The minimum Gasteiger partial charge on any atom is -0.479 e. The van der Waals surface area contributed by atoms with Crippen LogP contribution < -0.4 is 10.1 Å². The van der Waals surface area contributed by atoms with E-state index >= 15 is 0 Å². The molecule has 9 heteroatoms. The molecule has 0 bridgehead atoms. The van der Waals surface area contributed by atoms with Crippen molar-refractivity contribution in [3.8, 4) is 17.3 Å². The van der Waals surface area contributed by atoms with E-state index in [0.29, 0.717) is 30.0 Å². The number of ether oxygens (including phenoxy) is 1. The number of nitrogens with one attached hydrogen (secondary N) is 1. The molecule has 0 aliphatic carbocycles. The maximum atomic E-state index is 12.1. The molecule has 2 aromatic heterocycles. The van der Waals surface area contributed by atoms with Crippen LogP contribution in [0.3, 0.4) is 0 Å². The zero-order valence-electron chi connectivity index (χ0n) is 15.5. The summed E-state index contributed by atoms with van der Waals surface area (Å²) in [6.45, 7) is 3.20. The number of carbonyl (C=O) groups excluding carboxylic acids is 1. The van der Waals surface area contributed by atoms with Gasteiger partial charge >= 0.3 is 0 Å². The van der Waals surface area contributed by atoms with Crippen molar-refractivity contribution in [3.63, 3.8) is 0 Å². The number of nitrogens with zero attached hydrogens (tertiary/aromatic N) is 5. The number of methoxy groups -OCH3 is 1. The summed E-state index contributed by atoms with van der Waals surface area (Å²) in [5, 5.41) is 16.4. The fourth-order valence-electron chi connectivity index (χ4n) is 2.63. The molecule has 0 radical (unpaired) electrons. The van der Waals surface area contributed by atoms with E-state index < -0.39 is 0 Å². The van der Waals surface area contributed by atoms with Gasteiger partial charge in [-0.2, -0.15) is 0 Å². The zero-order chi connectivity index (χ0) is 19.2. The van der Waals surface area contributed by atoms with Crippen molar-refractivity contribution < 1.29 is 9.53 Å². The van der Waals surface area contributed by atoms with Gasteiger partial charge in [0, 0.05) is 26.3 Å². The van der Waals surface area contributed by atoms with Crippen LogP contribution >= 0.6 is 11.8 Å². The fourth-order valence-corrected chi connectivity index (χ4v) is 3.46. The molecule has 0 aliphatic heterocycles. The number of amides is 1. The second kappa shape index (κ2) is 8.72. The number of benzene rings is 1. The van der Waals surface area contributed by atoms with E-state index in [-0.39, 0.29) is 11.7 Å². The number of aromatic nitrogens is 5. The molecule has 0 saturated heterocycles. The highest BCUT2D eigenvalue weighted by molar-refractivity contribution is 7.99. The van der Waals surface area contributed by atoms with E-state index in [1.54, 1.807) is 11.8 Å². The highest BCUT2D eigenvalue weighted by Crippen LogP contribution is 2.29. The average Bonchev–Trinajstić information content (AvgIpc) is 3.27. The molecule has 0 aliphatic rings. The Kier molecular flexibility index (Phi) is 6.12. The molecule has 8 nitrogen and oxygen atoms in total. The number of carbonyl (C=O) groups is 1. The summed E-state index contributed by atoms with van der Waals surface area (Å²) in [7, 11) is 3.40. The van der Waals surface area contributed by atoms with Crippen molar-refractivity contribution in [2.75, 3.05) is 12.9 Å².